The molecule has 0 N–H and O–H groups in total. The molecule has 0 aliphatic heterocycles. The highest BCUT2D eigenvalue weighted by Gasteiger charge is 2.43. The number of allylic oxidation sites excluding steroid dienone is 1. The minimum atomic E-state index is -1.02. The monoisotopic (exact) mass is 294 g/mol. The number of carbonyl (C=O) groups is 3. The fourth-order valence-electron chi connectivity index (χ4n) is 2.27. The molecule has 0 amide bonds. The van der Waals surface area contributed by atoms with Crippen LogP contribution < -0.4 is 0 Å². The Hall–Kier alpha value is -1.91. The maximum atomic E-state index is 12.1. The first kappa shape index (κ1) is 17.1. The van der Waals surface area contributed by atoms with Gasteiger partial charge in [0.1, 0.15) is 5.60 Å². The standard InChI is InChI=1S/C16H22O5/c1-6-8-16(14(19)20-5)9-7-12(17)11(10-16)13(18)21-15(2,3)4/h6,10H,1,7-9H2,2-5H3/t16-/m1/s1. The first-order chi connectivity index (χ1) is 9.65. The van der Waals surface area contributed by atoms with Crippen LogP contribution in [0.1, 0.15) is 40.0 Å². The van der Waals surface area contributed by atoms with Crippen molar-refractivity contribution in [1.82, 2.24) is 0 Å². The van der Waals surface area contributed by atoms with E-state index in [0.29, 0.717) is 12.8 Å². The van der Waals surface area contributed by atoms with E-state index in [-0.39, 0.29) is 17.8 Å². The van der Waals surface area contributed by atoms with E-state index in [1.807, 2.05) is 0 Å². The van der Waals surface area contributed by atoms with Crippen molar-refractivity contribution in [2.24, 2.45) is 5.41 Å². The molecular weight excluding hydrogens is 272 g/mol. The van der Waals surface area contributed by atoms with Gasteiger partial charge in [0.05, 0.1) is 18.1 Å². The van der Waals surface area contributed by atoms with E-state index < -0.39 is 23.0 Å². The van der Waals surface area contributed by atoms with E-state index in [2.05, 4.69) is 6.58 Å². The van der Waals surface area contributed by atoms with Gasteiger partial charge in [0.25, 0.3) is 0 Å². The molecular formula is C16H22O5. The van der Waals surface area contributed by atoms with Gasteiger partial charge in [0.15, 0.2) is 5.78 Å². The van der Waals surface area contributed by atoms with Crippen molar-refractivity contribution in [3.63, 3.8) is 0 Å². The molecule has 0 heterocycles. The summed E-state index contributed by atoms with van der Waals surface area (Å²) in [5.41, 5.74) is -1.80. The van der Waals surface area contributed by atoms with Gasteiger partial charge < -0.3 is 9.47 Å². The molecule has 5 heteroatoms. The van der Waals surface area contributed by atoms with Crippen molar-refractivity contribution in [1.29, 1.82) is 0 Å². The maximum Gasteiger partial charge on any atom is 0.341 e. The second-order valence-corrected chi connectivity index (χ2v) is 6.12. The highest BCUT2D eigenvalue weighted by atomic mass is 16.6. The van der Waals surface area contributed by atoms with Crippen LogP contribution in [-0.2, 0) is 23.9 Å². The van der Waals surface area contributed by atoms with Gasteiger partial charge in [0.2, 0.25) is 0 Å². The number of Topliss-reactive ketones (excluding diaryl/α,β-unsaturated/α-hetero) is 1. The van der Waals surface area contributed by atoms with Gasteiger partial charge in [-0.15, -0.1) is 6.58 Å². The number of ketones is 1. The van der Waals surface area contributed by atoms with E-state index in [4.69, 9.17) is 9.47 Å². The van der Waals surface area contributed by atoms with E-state index in [1.54, 1.807) is 26.8 Å². The van der Waals surface area contributed by atoms with Gasteiger partial charge in [0, 0.05) is 6.42 Å². The first-order valence-electron chi connectivity index (χ1n) is 6.84. The third kappa shape index (κ3) is 4.03. The Morgan fingerprint density at radius 1 is 1.43 bits per heavy atom. The molecule has 1 atom stereocenters. The third-order valence-corrected chi connectivity index (χ3v) is 3.24. The molecule has 1 rings (SSSR count). The molecule has 0 saturated carbocycles. The van der Waals surface area contributed by atoms with E-state index >= 15 is 0 Å². The van der Waals surface area contributed by atoms with E-state index in [9.17, 15) is 14.4 Å². The van der Waals surface area contributed by atoms with Crippen LogP contribution in [0.2, 0.25) is 0 Å². The number of carbonyl (C=O) groups excluding carboxylic acids is 3. The SMILES string of the molecule is C=CC[C@]1(C(=O)OC)C=C(C(=O)OC(C)(C)C)C(=O)CC1. The van der Waals surface area contributed by atoms with Crippen LogP contribution in [0.25, 0.3) is 0 Å². The number of hydrogen-bond donors (Lipinski definition) is 0. The highest BCUT2D eigenvalue weighted by molar-refractivity contribution is 6.18. The van der Waals surface area contributed by atoms with Crippen LogP contribution in [0.5, 0.6) is 0 Å². The first-order valence-corrected chi connectivity index (χ1v) is 6.84. The molecule has 1 aliphatic carbocycles. The molecule has 0 saturated heterocycles. The number of methoxy groups -OCH3 is 1. The number of hydrogen-bond acceptors (Lipinski definition) is 5. The molecule has 0 unspecified atom stereocenters. The van der Waals surface area contributed by atoms with E-state index in [1.165, 1.54) is 13.2 Å². The second-order valence-electron chi connectivity index (χ2n) is 6.12. The Bertz CT molecular complexity index is 495. The molecule has 0 radical (unpaired) electrons. The molecule has 0 fully saturated rings. The normalized spacial score (nSPS) is 22.3. The summed E-state index contributed by atoms with van der Waals surface area (Å²) in [5, 5.41) is 0. The topological polar surface area (TPSA) is 69.7 Å². The molecule has 5 nitrogen and oxygen atoms in total. The maximum absolute atomic E-state index is 12.1. The zero-order valence-corrected chi connectivity index (χ0v) is 13.0. The summed E-state index contributed by atoms with van der Waals surface area (Å²) in [5.74, 6) is -1.49. The summed E-state index contributed by atoms with van der Waals surface area (Å²) in [6.07, 6.45) is 3.68. The second kappa shape index (κ2) is 6.24. The Kier molecular flexibility index (Phi) is 5.10. The Labute approximate surface area is 125 Å². The van der Waals surface area contributed by atoms with Crippen molar-refractivity contribution < 1.29 is 23.9 Å². The molecule has 0 aromatic carbocycles. The van der Waals surface area contributed by atoms with Crippen molar-refractivity contribution in [2.45, 2.75) is 45.6 Å². The lowest BCUT2D eigenvalue weighted by molar-refractivity contribution is -0.152. The number of rotatable bonds is 4. The smallest absolute Gasteiger partial charge is 0.341 e. The summed E-state index contributed by atoms with van der Waals surface area (Å²) in [4.78, 5) is 36.2. The van der Waals surface area contributed by atoms with E-state index in [0.717, 1.165) is 0 Å². The Balaban J connectivity index is 3.20. The summed E-state index contributed by atoms with van der Waals surface area (Å²) in [6.45, 7) is 8.78. The molecule has 1 aliphatic rings. The minimum absolute atomic E-state index is 0.0802. The van der Waals surface area contributed by atoms with Crippen molar-refractivity contribution in [3.05, 3.63) is 24.3 Å². The van der Waals surface area contributed by atoms with Crippen LogP contribution in [0.4, 0.5) is 0 Å². The number of ether oxygens (including phenoxy) is 2. The van der Waals surface area contributed by atoms with Gasteiger partial charge >= 0.3 is 11.9 Å². The fourth-order valence-corrected chi connectivity index (χ4v) is 2.27. The zero-order valence-electron chi connectivity index (χ0n) is 13.0. The van der Waals surface area contributed by atoms with Gasteiger partial charge in [-0.1, -0.05) is 6.08 Å². The fraction of sp³-hybridized carbons (Fsp3) is 0.562. The largest absolute Gasteiger partial charge is 0.468 e. The lowest BCUT2D eigenvalue weighted by Crippen LogP contribution is -2.37. The summed E-state index contributed by atoms with van der Waals surface area (Å²) < 4.78 is 10.0. The summed E-state index contributed by atoms with van der Waals surface area (Å²) in [6, 6.07) is 0. The zero-order chi connectivity index (χ0) is 16.3. The minimum Gasteiger partial charge on any atom is -0.468 e. The number of esters is 2. The van der Waals surface area contributed by atoms with Crippen LogP contribution in [0.15, 0.2) is 24.3 Å². The van der Waals surface area contributed by atoms with Gasteiger partial charge in [-0.3, -0.25) is 9.59 Å². The molecule has 116 valence electrons. The van der Waals surface area contributed by atoms with Crippen LogP contribution in [0, 0.1) is 5.41 Å². The summed E-state index contributed by atoms with van der Waals surface area (Å²) in [7, 11) is 1.28. The van der Waals surface area contributed by atoms with Gasteiger partial charge in [-0.05, 0) is 39.7 Å². The predicted molar refractivity (Wildman–Crippen MR) is 77.4 cm³/mol. The Morgan fingerprint density at radius 2 is 2.05 bits per heavy atom. The van der Waals surface area contributed by atoms with Crippen LogP contribution in [0.3, 0.4) is 0 Å². The van der Waals surface area contributed by atoms with Crippen molar-refractivity contribution in [3.8, 4) is 0 Å². The highest BCUT2D eigenvalue weighted by Crippen LogP contribution is 2.38. The average molecular weight is 294 g/mol. The third-order valence-electron chi connectivity index (χ3n) is 3.24. The molecule has 0 aromatic rings. The van der Waals surface area contributed by atoms with Gasteiger partial charge in [-0.2, -0.15) is 0 Å². The van der Waals surface area contributed by atoms with Gasteiger partial charge in [-0.25, -0.2) is 4.79 Å². The van der Waals surface area contributed by atoms with Crippen molar-refractivity contribution in [2.75, 3.05) is 7.11 Å². The lowest BCUT2D eigenvalue weighted by atomic mass is 9.73. The molecule has 21 heavy (non-hydrogen) atoms. The quantitative estimate of drug-likeness (QED) is 0.452. The Morgan fingerprint density at radius 3 is 2.52 bits per heavy atom. The van der Waals surface area contributed by atoms with Crippen LogP contribution in [-0.4, -0.2) is 30.4 Å². The molecule has 0 bridgehead atoms. The molecule has 0 spiro atoms. The van der Waals surface area contributed by atoms with Crippen molar-refractivity contribution >= 4 is 17.7 Å². The predicted octanol–water partition coefficient (Wildman–Crippen LogP) is 2.35. The summed E-state index contributed by atoms with van der Waals surface area (Å²) >= 11 is 0. The average Bonchev–Trinajstić information content (AvgIpc) is 2.38. The molecule has 0 aromatic heterocycles. The van der Waals surface area contributed by atoms with Crippen LogP contribution >= 0.6 is 0 Å². The lowest BCUT2D eigenvalue weighted by Gasteiger charge is -2.31.